The molecule has 3 heteroatoms. The Labute approximate surface area is 102 Å². The summed E-state index contributed by atoms with van der Waals surface area (Å²) < 4.78 is 5.17. The van der Waals surface area contributed by atoms with Crippen molar-refractivity contribution in [3.8, 4) is 0 Å². The van der Waals surface area contributed by atoms with Gasteiger partial charge in [-0.15, -0.1) is 0 Å². The topological polar surface area (TPSA) is 33.5 Å². The maximum atomic E-state index is 12.1. The van der Waals surface area contributed by atoms with Crippen LogP contribution in [0.2, 0.25) is 0 Å². The number of piperidine rings is 1. The van der Waals surface area contributed by atoms with E-state index in [2.05, 4.69) is 6.92 Å². The van der Waals surface area contributed by atoms with Gasteiger partial charge in [0.2, 0.25) is 5.91 Å². The van der Waals surface area contributed by atoms with Crippen LogP contribution in [0.25, 0.3) is 6.08 Å². The Kier molecular flexibility index (Phi) is 4.02. The zero-order chi connectivity index (χ0) is 12.1. The molecule has 3 nitrogen and oxygen atoms in total. The second kappa shape index (κ2) is 5.71. The minimum Gasteiger partial charge on any atom is -0.465 e. The molecule has 0 spiro atoms. The third-order valence-corrected chi connectivity index (χ3v) is 3.31. The standard InChI is InChI=1S/C14H19NO2/c1-2-12-6-3-4-10-15(12)14(16)9-8-13-7-5-11-17-13/h5,7-9,11-12H,2-4,6,10H2,1H3/b9-8+. The third-order valence-electron chi connectivity index (χ3n) is 3.31. The lowest BCUT2D eigenvalue weighted by atomic mass is 10.00. The van der Waals surface area contributed by atoms with Gasteiger partial charge < -0.3 is 9.32 Å². The lowest BCUT2D eigenvalue weighted by Gasteiger charge is -2.34. The molecule has 1 fully saturated rings. The number of likely N-dealkylation sites (tertiary alicyclic amines) is 1. The molecule has 1 aliphatic rings. The SMILES string of the molecule is CCC1CCCCN1C(=O)/C=C/c1ccco1. The van der Waals surface area contributed by atoms with Crippen LogP contribution in [0.4, 0.5) is 0 Å². The Balaban J connectivity index is 1.98. The lowest BCUT2D eigenvalue weighted by molar-refractivity contribution is -0.129. The van der Waals surface area contributed by atoms with E-state index in [1.807, 2.05) is 17.0 Å². The summed E-state index contributed by atoms with van der Waals surface area (Å²) in [4.78, 5) is 14.0. The Bertz CT molecular complexity index is 381. The van der Waals surface area contributed by atoms with Crippen LogP contribution in [0.15, 0.2) is 28.9 Å². The van der Waals surface area contributed by atoms with Gasteiger partial charge in [-0.2, -0.15) is 0 Å². The zero-order valence-corrected chi connectivity index (χ0v) is 10.3. The summed E-state index contributed by atoms with van der Waals surface area (Å²) in [6.45, 7) is 3.03. The number of carbonyl (C=O) groups excluding carboxylic acids is 1. The van der Waals surface area contributed by atoms with Crippen molar-refractivity contribution in [2.24, 2.45) is 0 Å². The Hall–Kier alpha value is -1.51. The van der Waals surface area contributed by atoms with Gasteiger partial charge >= 0.3 is 0 Å². The van der Waals surface area contributed by atoms with Gasteiger partial charge in [0.15, 0.2) is 0 Å². The van der Waals surface area contributed by atoms with Crippen LogP contribution < -0.4 is 0 Å². The van der Waals surface area contributed by atoms with E-state index in [1.54, 1.807) is 18.4 Å². The number of nitrogens with zero attached hydrogens (tertiary/aromatic N) is 1. The molecule has 0 aliphatic carbocycles. The normalized spacial score (nSPS) is 21.0. The highest BCUT2D eigenvalue weighted by Gasteiger charge is 2.23. The molecule has 17 heavy (non-hydrogen) atoms. The average Bonchev–Trinajstić information content (AvgIpc) is 2.89. The van der Waals surface area contributed by atoms with Crippen molar-refractivity contribution in [3.05, 3.63) is 30.2 Å². The maximum Gasteiger partial charge on any atom is 0.246 e. The summed E-state index contributed by atoms with van der Waals surface area (Å²) in [6, 6.07) is 4.08. The summed E-state index contributed by atoms with van der Waals surface area (Å²) >= 11 is 0. The predicted molar refractivity (Wildman–Crippen MR) is 67.4 cm³/mol. The van der Waals surface area contributed by atoms with Gasteiger partial charge in [0.25, 0.3) is 0 Å². The lowest BCUT2D eigenvalue weighted by Crippen LogP contribution is -2.42. The molecule has 1 amide bonds. The number of hydrogen-bond acceptors (Lipinski definition) is 2. The molecule has 92 valence electrons. The first-order chi connectivity index (χ1) is 8.31. The first-order valence-corrected chi connectivity index (χ1v) is 6.33. The molecule has 0 radical (unpaired) electrons. The molecule has 1 atom stereocenters. The van der Waals surface area contributed by atoms with Gasteiger partial charge in [-0.3, -0.25) is 4.79 Å². The van der Waals surface area contributed by atoms with Crippen LogP contribution in [-0.2, 0) is 4.79 Å². The van der Waals surface area contributed by atoms with Crippen molar-refractivity contribution in [1.29, 1.82) is 0 Å². The van der Waals surface area contributed by atoms with E-state index >= 15 is 0 Å². The summed E-state index contributed by atoms with van der Waals surface area (Å²) in [7, 11) is 0. The number of furan rings is 1. The van der Waals surface area contributed by atoms with Crippen molar-refractivity contribution in [2.45, 2.75) is 38.6 Å². The molecular weight excluding hydrogens is 214 g/mol. The maximum absolute atomic E-state index is 12.1. The van der Waals surface area contributed by atoms with E-state index in [0.717, 1.165) is 31.6 Å². The first-order valence-electron chi connectivity index (χ1n) is 6.33. The molecule has 0 bridgehead atoms. The minimum absolute atomic E-state index is 0.105. The van der Waals surface area contributed by atoms with Crippen molar-refractivity contribution in [1.82, 2.24) is 4.90 Å². The molecule has 0 N–H and O–H groups in total. The van der Waals surface area contributed by atoms with Crippen LogP contribution in [0.3, 0.4) is 0 Å². The Morgan fingerprint density at radius 3 is 3.18 bits per heavy atom. The van der Waals surface area contributed by atoms with Crippen LogP contribution in [0, 0.1) is 0 Å². The molecule has 0 aromatic carbocycles. The van der Waals surface area contributed by atoms with Crippen LogP contribution in [0.1, 0.15) is 38.4 Å². The molecule has 0 saturated carbocycles. The quantitative estimate of drug-likeness (QED) is 0.752. The summed E-state index contributed by atoms with van der Waals surface area (Å²) in [6.07, 6.45) is 9.51. The largest absolute Gasteiger partial charge is 0.465 e. The molecule has 1 aliphatic heterocycles. The van der Waals surface area contributed by atoms with Crippen molar-refractivity contribution in [3.63, 3.8) is 0 Å². The van der Waals surface area contributed by atoms with Gasteiger partial charge in [-0.1, -0.05) is 6.92 Å². The fourth-order valence-electron chi connectivity index (χ4n) is 2.35. The second-order valence-corrected chi connectivity index (χ2v) is 4.44. The molecule has 1 aromatic rings. The predicted octanol–water partition coefficient (Wildman–Crippen LogP) is 3.08. The van der Waals surface area contributed by atoms with Crippen LogP contribution >= 0.6 is 0 Å². The monoisotopic (exact) mass is 233 g/mol. The highest BCUT2D eigenvalue weighted by molar-refractivity contribution is 5.91. The van der Waals surface area contributed by atoms with Gasteiger partial charge in [0, 0.05) is 18.7 Å². The molecule has 2 heterocycles. The van der Waals surface area contributed by atoms with E-state index in [0.29, 0.717) is 6.04 Å². The first kappa shape index (κ1) is 12.0. The number of amides is 1. The van der Waals surface area contributed by atoms with E-state index in [1.165, 1.54) is 6.42 Å². The molecule has 2 rings (SSSR count). The fraction of sp³-hybridized carbons (Fsp3) is 0.500. The van der Waals surface area contributed by atoms with Gasteiger partial charge in [0.1, 0.15) is 5.76 Å². The third kappa shape index (κ3) is 2.99. The highest BCUT2D eigenvalue weighted by Crippen LogP contribution is 2.19. The fourth-order valence-corrected chi connectivity index (χ4v) is 2.35. The van der Waals surface area contributed by atoms with Crippen LogP contribution in [0.5, 0.6) is 0 Å². The van der Waals surface area contributed by atoms with E-state index in [-0.39, 0.29) is 5.91 Å². The molecular formula is C14H19NO2. The van der Waals surface area contributed by atoms with Crippen molar-refractivity contribution < 1.29 is 9.21 Å². The summed E-state index contributed by atoms with van der Waals surface area (Å²) in [5.41, 5.74) is 0. The molecule has 1 unspecified atom stereocenters. The van der Waals surface area contributed by atoms with E-state index in [9.17, 15) is 4.79 Å². The van der Waals surface area contributed by atoms with E-state index < -0.39 is 0 Å². The summed E-state index contributed by atoms with van der Waals surface area (Å²) in [5.74, 6) is 0.830. The average molecular weight is 233 g/mol. The number of carbonyl (C=O) groups is 1. The summed E-state index contributed by atoms with van der Waals surface area (Å²) in [5, 5.41) is 0. The molecule has 1 saturated heterocycles. The van der Waals surface area contributed by atoms with Gasteiger partial charge in [0.05, 0.1) is 6.26 Å². The number of rotatable bonds is 3. The smallest absolute Gasteiger partial charge is 0.246 e. The zero-order valence-electron chi connectivity index (χ0n) is 10.3. The van der Waals surface area contributed by atoms with Crippen molar-refractivity contribution >= 4 is 12.0 Å². The van der Waals surface area contributed by atoms with Gasteiger partial charge in [-0.05, 0) is 43.9 Å². The van der Waals surface area contributed by atoms with Crippen molar-refractivity contribution in [2.75, 3.05) is 6.54 Å². The minimum atomic E-state index is 0.105. The molecule has 1 aromatic heterocycles. The Morgan fingerprint density at radius 2 is 2.47 bits per heavy atom. The number of hydrogen-bond donors (Lipinski definition) is 0. The Morgan fingerprint density at radius 1 is 1.59 bits per heavy atom. The highest BCUT2D eigenvalue weighted by atomic mass is 16.3. The van der Waals surface area contributed by atoms with Crippen LogP contribution in [-0.4, -0.2) is 23.4 Å². The van der Waals surface area contributed by atoms with E-state index in [4.69, 9.17) is 4.42 Å². The second-order valence-electron chi connectivity index (χ2n) is 4.44. The van der Waals surface area contributed by atoms with Gasteiger partial charge in [-0.25, -0.2) is 0 Å².